The fourth-order valence-corrected chi connectivity index (χ4v) is 5.30. The molecule has 0 aliphatic rings. The SMILES string of the molecule is CNC(=O)C(Cc1ccccc1)N(Cc1ccccc1)C(=O)CN(c1cc(C)ccc1C)S(=O)(=O)N(C)C. The van der Waals surface area contributed by atoms with Gasteiger partial charge in [0.05, 0.1) is 5.69 Å². The highest BCUT2D eigenvalue weighted by Crippen LogP contribution is 2.26. The van der Waals surface area contributed by atoms with Gasteiger partial charge >= 0.3 is 10.2 Å². The van der Waals surface area contributed by atoms with Crippen LogP contribution in [0.25, 0.3) is 0 Å². The zero-order chi connectivity index (χ0) is 27.9. The molecular weight excluding hydrogens is 500 g/mol. The van der Waals surface area contributed by atoms with Crippen LogP contribution in [0, 0.1) is 13.8 Å². The van der Waals surface area contributed by atoms with Gasteiger partial charge in [0.15, 0.2) is 0 Å². The molecular formula is C29H36N4O4S. The standard InChI is InChI=1S/C29H36N4O4S/c1-22-16-17-23(2)26(18-22)33(38(36,37)31(4)5)21-28(34)32(20-25-14-10-7-11-15-25)27(29(35)30-3)19-24-12-8-6-9-13-24/h6-18,27H,19-21H2,1-5H3,(H,30,35). The van der Waals surface area contributed by atoms with Crippen LogP contribution in [-0.2, 0) is 32.8 Å². The summed E-state index contributed by atoms with van der Waals surface area (Å²) >= 11 is 0. The Morgan fingerprint density at radius 3 is 2.00 bits per heavy atom. The third kappa shape index (κ3) is 6.99. The zero-order valence-electron chi connectivity index (χ0n) is 22.6. The van der Waals surface area contributed by atoms with Crippen LogP contribution in [0.1, 0.15) is 22.3 Å². The topological polar surface area (TPSA) is 90.0 Å². The molecule has 2 amide bonds. The smallest absolute Gasteiger partial charge is 0.304 e. The van der Waals surface area contributed by atoms with Gasteiger partial charge in [0.2, 0.25) is 11.8 Å². The number of anilines is 1. The molecule has 202 valence electrons. The number of aryl methyl sites for hydroxylation is 2. The van der Waals surface area contributed by atoms with Gasteiger partial charge in [-0.3, -0.25) is 9.59 Å². The van der Waals surface area contributed by atoms with Crippen molar-refractivity contribution in [3.63, 3.8) is 0 Å². The van der Waals surface area contributed by atoms with E-state index in [1.54, 1.807) is 6.07 Å². The monoisotopic (exact) mass is 536 g/mol. The van der Waals surface area contributed by atoms with E-state index < -0.39 is 28.7 Å². The van der Waals surface area contributed by atoms with Gasteiger partial charge in [0.25, 0.3) is 0 Å². The van der Waals surface area contributed by atoms with Gasteiger partial charge in [-0.25, -0.2) is 4.31 Å². The minimum Gasteiger partial charge on any atom is -0.357 e. The number of nitrogens with one attached hydrogen (secondary N) is 1. The predicted octanol–water partition coefficient (Wildman–Crippen LogP) is 3.30. The van der Waals surface area contributed by atoms with E-state index in [-0.39, 0.29) is 18.9 Å². The molecule has 0 fully saturated rings. The molecule has 3 rings (SSSR count). The van der Waals surface area contributed by atoms with Gasteiger partial charge in [-0.15, -0.1) is 0 Å². The largest absolute Gasteiger partial charge is 0.357 e. The van der Waals surface area contributed by atoms with E-state index >= 15 is 0 Å². The molecule has 9 heteroatoms. The van der Waals surface area contributed by atoms with Crippen LogP contribution in [0.5, 0.6) is 0 Å². The summed E-state index contributed by atoms with van der Waals surface area (Å²) in [6, 6.07) is 23.4. The average molecular weight is 537 g/mol. The molecule has 0 aliphatic heterocycles. The number of nitrogens with zero attached hydrogens (tertiary/aromatic N) is 3. The maximum absolute atomic E-state index is 14.1. The molecule has 0 spiro atoms. The molecule has 0 aromatic heterocycles. The number of rotatable bonds is 11. The van der Waals surface area contributed by atoms with Crippen LogP contribution in [0.3, 0.4) is 0 Å². The molecule has 3 aromatic carbocycles. The first-order valence-corrected chi connectivity index (χ1v) is 13.8. The third-order valence-corrected chi connectivity index (χ3v) is 8.17. The van der Waals surface area contributed by atoms with Crippen molar-refractivity contribution in [1.82, 2.24) is 14.5 Å². The van der Waals surface area contributed by atoms with Crippen molar-refractivity contribution in [2.24, 2.45) is 0 Å². The molecule has 0 aliphatic carbocycles. The highest BCUT2D eigenvalue weighted by atomic mass is 32.2. The summed E-state index contributed by atoms with van der Waals surface area (Å²) < 4.78 is 29.1. The molecule has 0 bridgehead atoms. The molecule has 1 atom stereocenters. The van der Waals surface area contributed by atoms with Crippen LogP contribution in [0.2, 0.25) is 0 Å². The van der Waals surface area contributed by atoms with E-state index in [4.69, 9.17) is 0 Å². The normalized spacial score (nSPS) is 12.2. The Morgan fingerprint density at radius 2 is 1.45 bits per heavy atom. The summed E-state index contributed by atoms with van der Waals surface area (Å²) in [6.45, 7) is 3.36. The summed E-state index contributed by atoms with van der Waals surface area (Å²) in [5.74, 6) is -0.809. The van der Waals surface area contributed by atoms with E-state index in [1.165, 1.54) is 26.0 Å². The Morgan fingerprint density at radius 1 is 0.868 bits per heavy atom. The van der Waals surface area contributed by atoms with Crippen molar-refractivity contribution >= 4 is 27.7 Å². The Bertz CT molecular complexity index is 1350. The summed E-state index contributed by atoms with van der Waals surface area (Å²) in [5.41, 5.74) is 3.73. The lowest BCUT2D eigenvalue weighted by Crippen LogP contribution is -2.54. The second-order valence-electron chi connectivity index (χ2n) is 9.41. The number of hydrogen-bond donors (Lipinski definition) is 1. The number of likely N-dealkylation sites (N-methyl/N-ethyl adjacent to an activating group) is 1. The number of amides is 2. The van der Waals surface area contributed by atoms with E-state index in [2.05, 4.69) is 5.32 Å². The van der Waals surface area contributed by atoms with Crippen molar-refractivity contribution in [3.05, 3.63) is 101 Å². The Hall–Kier alpha value is -3.69. The van der Waals surface area contributed by atoms with Gasteiger partial charge < -0.3 is 10.2 Å². The van der Waals surface area contributed by atoms with Crippen molar-refractivity contribution in [2.45, 2.75) is 32.9 Å². The first-order chi connectivity index (χ1) is 18.0. The van der Waals surface area contributed by atoms with Gasteiger partial charge in [-0.05, 0) is 42.2 Å². The van der Waals surface area contributed by atoms with E-state index in [0.29, 0.717) is 5.69 Å². The first kappa shape index (κ1) is 28.9. The minimum atomic E-state index is -4.02. The van der Waals surface area contributed by atoms with Crippen LogP contribution < -0.4 is 9.62 Å². The number of hydrogen-bond acceptors (Lipinski definition) is 4. The quantitative estimate of drug-likeness (QED) is 0.407. The number of benzene rings is 3. The van der Waals surface area contributed by atoms with Crippen molar-refractivity contribution in [1.29, 1.82) is 0 Å². The first-order valence-electron chi connectivity index (χ1n) is 12.4. The molecule has 38 heavy (non-hydrogen) atoms. The van der Waals surface area contributed by atoms with Crippen LogP contribution in [0.15, 0.2) is 78.9 Å². The van der Waals surface area contributed by atoms with Crippen LogP contribution in [0.4, 0.5) is 5.69 Å². The third-order valence-electron chi connectivity index (χ3n) is 6.37. The lowest BCUT2D eigenvalue weighted by molar-refractivity contribution is -0.139. The lowest BCUT2D eigenvalue weighted by atomic mass is 10.0. The van der Waals surface area contributed by atoms with Crippen LogP contribution in [-0.4, -0.2) is 63.2 Å². The van der Waals surface area contributed by atoms with Crippen molar-refractivity contribution < 1.29 is 18.0 Å². The maximum atomic E-state index is 14.1. The van der Waals surface area contributed by atoms with Gasteiger partial charge in [0, 0.05) is 34.1 Å². The fraction of sp³-hybridized carbons (Fsp3) is 0.310. The van der Waals surface area contributed by atoms with Gasteiger partial charge in [0.1, 0.15) is 12.6 Å². The Balaban J connectivity index is 2.08. The van der Waals surface area contributed by atoms with E-state index in [9.17, 15) is 18.0 Å². The summed E-state index contributed by atoms with van der Waals surface area (Å²) in [7, 11) is 0.374. The predicted molar refractivity (Wildman–Crippen MR) is 151 cm³/mol. The highest BCUT2D eigenvalue weighted by Gasteiger charge is 2.34. The Labute approximate surface area is 226 Å². The number of carbonyl (C=O) groups excluding carboxylic acids is 2. The molecule has 0 radical (unpaired) electrons. The molecule has 3 aromatic rings. The molecule has 1 unspecified atom stereocenters. The molecule has 1 N–H and O–H groups in total. The summed E-state index contributed by atoms with van der Waals surface area (Å²) in [5, 5.41) is 2.68. The lowest BCUT2D eigenvalue weighted by Gasteiger charge is -2.34. The van der Waals surface area contributed by atoms with Crippen LogP contribution >= 0.6 is 0 Å². The highest BCUT2D eigenvalue weighted by molar-refractivity contribution is 7.90. The number of carbonyl (C=O) groups is 2. The molecule has 0 heterocycles. The van der Waals surface area contributed by atoms with E-state index in [1.807, 2.05) is 86.6 Å². The molecule has 8 nitrogen and oxygen atoms in total. The maximum Gasteiger partial charge on any atom is 0.304 e. The molecule has 0 saturated heterocycles. The second kappa shape index (κ2) is 12.7. The molecule has 0 saturated carbocycles. The Kier molecular flexibility index (Phi) is 9.66. The van der Waals surface area contributed by atoms with Crippen molar-refractivity contribution in [3.8, 4) is 0 Å². The summed E-state index contributed by atoms with van der Waals surface area (Å²) in [4.78, 5) is 28.7. The van der Waals surface area contributed by atoms with Gasteiger partial charge in [-0.2, -0.15) is 12.7 Å². The average Bonchev–Trinajstić information content (AvgIpc) is 2.91. The summed E-state index contributed by atoms with van der Waals surface area (Å²) in [6.07, 6.45) is 0.281. The van der Waals surface area contributed by atoms with Gasteiger partial charge in [-0.1, -0.05) is 72.8 Å². The zero-order valence-corrected chi connectivity index (χ0v) is 23.4. The second-order valence-corrected chi connectivity index (χ2v) is 11.5. The van der Waals surface area contributed by atoms with Crippen molar-refractivity contribution in [2.75, 3.05) is 32.0 Å². The fourth-order valence-electron chi connectivity index (χ4n) is 4.19. The minimum absolute atomic E-state index is 0.146. The van der Waals surface area contributed by atoms with E-state index in [0.717, 1.165) is 30.9 Å².